The second-order valence-corrected chi connectivity index (χ2v) is 5.48. The van der Waals surface area contributed by atoms with Crippen molar-refractivity contribution in [1.82, 2.24) is 0 Å². The topological polar surface area (TPSA) is 86.7 Å². The minimum absolute atomic E-state index is 0.138. The number of ketones is 1. The normalized spacial score (nSPS) is 12.6. The fourth-order valence-corrected chi connectivity index (χ4v) is 1.78. The Morgan fingerprint density at radius 3 is 2.22 bits per heavy atom. The highest BCUT2D eigenvalue weighted by Gasteiger charge is 2.49. The van der Waals surface area contributed by atoms with E-state index in [1.807, 2.05) is 0 Å². The summed E-state index contributed by atoms with van der Waals surface area (Å²) in [6.07, 6.45) is 0.330. The summed E-state index contributed by atoms with van der Waals surface area (Å²) >= 11 is 0. The number of alkyl halides is 3. The fraction of sp³-hybridized carbons (Fsp3) is 0.231. The monoisotopic (exact) mass is 352 g/mol. The molecule has 10 heteroatoms. The first-order valence-electron chi connectivity index (χ1n) is 6.07. The van der Waals surface area contributed by atoms with Gasteiger partial charge in [-0.2, -0.15) is 21.6 Å². The highest BCUT2D eigenvalue weighted by molar-refractivity contribution is 7.87. The summed E-state index contributed by atoms with van der Waals surface area (Å²) in [5.74, 6) is -3.65. The lowest BCUT2D eigenvalue weighted by molar-refractivity contribution is -0.151. The van der Waals surface area contributed by atoms with Gasteiger partial charge in [-0.05, 0) is 6.92 Å². The second-order valence-electron chi connectivity index (χ2n) is 3.94. The van der Waals surface area contributed by atoms with Crippen LogP contribution in [0.15, 0.2) is 36.4 Å². The molecule has 126 valence electrons. The number of hydrogen-bond acceptors (Lipinski definition) is 6. The van der Waals surface area contributed by atoms with Gasteiger partial charge in [0.25, 0.3) is 5.78 Å². The van der Waals surface area contributed by atoms with Gasteiger partial charge < -0.3 is 8.92 Å². The van der Waals surface area contributed by atoms with Gasteiger partial charge in [-0.3, -0.25) is 4.79 Å². The molecule has 0 heterocycles. The van der Waals surface area contributed by atoms with Crippen LogP contribution in [0.1, 0.15) is 12.5 Å². The molecule has 6 nitrogen and oxygen atoms in total. The molecule has 0 N–H and O–H groups in total. The average Bonchev–Trinajstić information content (AvgIpc) is 2.46. The van der Waals surface area contributed by atoms with Crippen molar-refractivity contribution in [3.05, 3.63) is 42.0 Å². The number of carbonyl (C=O) groups excluding carboxylic acids is 2. The van der Waals surface area contributed by atoms with E-state index in [1.165, 1.54) is 37.3 Å². The summed E-state index contributed by atoms with van der Waals surface area (Å²) in [4.78, 5) is 22.8. The molecule has 0 aliphatic carbocycles. The molecule has 0 saturated carbocycles. The third-order valence-electron chi connectivity index (χ3n) is 2.28. The molecular formula is C13H11F3O6S. The molecule has 0 fully saturated rings. The zero-order chi connectivity index (χ0) is 17.7. The van der Waals surface area contributed by atoms with Crippen molar-refractivity contribution < 1.29 is 40.1 Å². The molecule has 0 saturated heterocycles. The molecule has 0 atom stereocenters. The Morgan fingerprint density at radius 1 is 1.17 bits per heavy atom. The molecule has 0 radical (unpaired) electrons. The van der Waals surface area contributed by atoms with Gasteiger partial charge in [0.05, 0.1) is 6.61 Å². The summed E-state index contributed by atoms with van der Waals surface area (Å²) in [6.45, 7) is 1.28. The van der Waals surface area contributed by atoms with Crippen molar-refractivity contribution >= 4 is 27.6 Å². The van der Waals surface area contributed by atoms with E-state index in [0.29, 0.717) is 6.08 Å². The summed E-state index contributed by atoms with van der Waals surface area (Å²) in [7, 11) is -6.00. The van der Waals surface area contributed by atoms with Crippen LogP contribution in [-0.4, -0.2) is 32.3 Å². The largest absolute Gasteiger partial charge is 0.534 e. The predicted molar refractivity (Wildman–Crippen MR) is 72.1 cm³/mol. The van der Waals surface area contributed by atoms with Crippen molar-refractivity contribution in [2.24, 2.45) is 0 Å². The number of benzene rings is 1. The van der Waals surface area contributed by atoms with E-state index in [2.05, 4.69) is 8.92 Å². The first-order valence-corrected chi connectivity index (χ1v) is 7.48. The zero-order valence-electron chi connectivity index (χ0n) is 11.7. The van der Waals surface area contributed by atoms with Gasteiger partial charge in [-0.25, -0.2) is 4.79 Å². The van der Waals surface area contributed by atoms with Crippen LogP contribution in [-0.2, 0) is 28.6 Å². The quantitative estimate of drug-likeness (QED) is 0.194. The molecule has 0 unspecified atom stereocenters. The van der Waals surface area contributed by atoms with E-state index in [4.69, 9.17) is 0 Å². The number of halogens is 3. The Bertz CT molecular complexity index is 707. The van der Waals surface area contributed by atoms with Crippen LogP contribution in [0.5, 0.6) is 0 Å². The highest BCUT2D eigenvalue weighted by atomic mass is 32.2. The minimum atomic E-state index is -6.00. The van der Waals surface area contributed by atoms with Crippen molar-refractivity contribution in [3.63, 3.8) is 0 Å². The summed E-state index contributed by atoms with van der Waals surface area (Å²) in [6, 6.07) is 6.67. The van der Waals surface area contributed by atoms with Crippen LogP contribution in [0.25, 0.3) is 5.76 Å². The first kappa shape index (κ1) is 18.7. The molecule has 0 spiro atoms. The average molecular weight is 352 g/mol. The Balaban J connectivity index is 3.25. The van der Waals surface area contributed by atoms with Crippen molar-refractivity contribution in [2.75, 3.05) is 6.61 Å². The molecule has 23 heavy (non-hydrogen) atoms. The van der Waals surface area contributed by atoms with E-state index in [9.17, 15) is 31.2 Å². The SMILES string of the molecule is CCOC(=O)C(=O)/C=C(/OS(=O)(=O)C(F)(F)F)c1ccccc1. The van der Waals surface area contributed by atoms with Crippen LogP contribution >= 0.6 is 0 Å². The van der Waals surface area contributed by atoms with Crippen LogP contribution in [0.4, 0.5) is 13.2 Å². The number of carbonyl (C=O) groups is 2. The van der Waals surface area contributed by atoms with E-state index < -0.39 is 33.1 Å². The summed E-state index contributed by atoms with van der Waals surface area (Å²) in [5, 5.41) is 0. The van der Waals surface area contributed by atoms with E-state index in [1.54, 1.807) is 0 Å². The third-order valence-corrected chi connectivity index (χ3v) is 3.25. The van der Waals surface area contributed by atoms with E-state index >= 15 is 0 Å². The molecule has 0 aromatic heterocycles. The Kier molecular flexibility index (Phi) is 5.91. The Morgan fingerprint density at radius 2 is 1.74 bits per heavy atom. The maximum atomic E-state index is 12.4. The lowest BCUT2D eigenvalue weighted by Crippen LogP contribution is -2.25. The smallest absolute Gasteiger partial charge is 0.460 e. The molecule has 0 aliphatic heterocycles. The van der Waals surface area contributed by atoms with Gasteiger partial charge in [0, 0.05) is 11.6 Å². The summed E-state index contributed by atoms with van der Waals surface area (Å²) in [5.41, 5.74) is -5.83. The molecule has 1 aromatic rings. The minimum Gasteiger partial charge on any atom is -0.460 e. The van der Waals surface area contributed by atoms with E-state index in [0.717, 1.165) is 0 Å². The van der Waals surface area contributed by atoms with Gasteiger partial charge in [0.15, 0.2) is 5.76 Å². The van der Waals surface area contributed by atoms with Gasteiger partial charge >= 0.3 is 21.6 Å². The Labute approximate surface area is 129 Å². The van der Waals surface area contributed by atoms with Gasteiger partial charge in [-0.1, -0.05) is 30.3 Å². The number of ether oxygens (including phenoxy) is 1. The van der Waals surface area contributed by atoms with Crippen molar-refractivity contribution in [3.8, 4) is 0 Å². The molecule has 0 amide bonds. The molecule has 1 rings (SSSR count). The molecule has 0 bridgehead atoms. The first-order chi connectivity index (χ1) is 10.6. The molecule has 0 aliphatic rings. The highest BCUT2D eigenvalue weighted by Crippen LogP contribution is 2.29. The third kappa shape index (κ3) is 5.09. The van der Waals surface area contributed by atoms with Gasteiger partial charge in [0.2, 0.25) is 0 Å². The fourth-order valence-electron chi connectivity index (χ4n) is 1.30. The van der Waals surface area contributed by atoms with Crippen LogP contribution in [0.3, 0.4) is 0 Å². The molecular weight excluding hydrogens is 341 g/mol. The number of esters is 1. The lowest BCUT2D eigenvalue weighted by atomic mass is 10.1. The Hall–Kier alpha value is -2.36. The van der Waals surface area contributed by atoms with Crippen LogP contribution in [0.2, 0.25) is 0 Å². The standard InChI is InChI=1S/C13H11F3O6S/c1-2-21-12(18)10(17)8-11(9-6-4-3-5-7-9)22-23(19,20)13(14,15)16/h3-8H,2H2,1H3/b11-8+. The summed E-state index contributed by atoms with van der Waals surface area (Å²) < 4.78 is 67.8. The van der Waals surface area contributed by atoms with E-state index in [-0.39, 0.29) is 12.2 Å². The second kappa shape index (κ2) is 7.27. The van der Waals surface area contributed by atoms with Crippen molar-refractivity contribution in [1.29, 1.82) is 0 Å². The maximum absolute atomic E-state index is 12.4. The molecule has 1 aromatic carbocycles. The van der Waals surface area contributed by atoms with Gasteiger partial charge in [0.1, 0.15) is 0 Å². The lowest BCUT2D eigenvalue weighted by Gasteiger charge is -2.12. The zero-order valence-corrected chi connectivity index (χ0v) is 12.5. The van der Waals surface area contributed by atoms with Crippen LogP contribution < -0.4 is 0 Å². The predicted octanol–water partition coefficient (Wildman–Crippen LogP) is 2.03. The van der Waals surface area contributed by atoms with Crippen molar-refractivity contribution in [2.45, 2.75) is 12.4 Å². The maximum Gasteiger partial charge on any atom is 0.534 e. The van der Waals surface area contributed by atoms with Crippen LogP contribution in [0, 0.1) is 0 Å². The number of rotatable bonds is 6. The number of hydrogen-bond donors (Lipinski definition) is 0. The van der Waals surface area contributed by atoms with Gasteiger partial charge in [-0.15, -0.1) is 0 Å².